The number of rotatable bonds is 8. The van der Waals surface area contributed by atoms with E-state index in [0.717, 1.165) is 54.8 Å². The van der Waals surface area contributed by atoms with Gasteiger partial charge in [0.15, 0.2) is 5.96 Å². The second-order valence-electron chi connectivity index (χ2n) is 5.29. The zero-order chi connectivity index (χ0) is 16.4. The van der Waals surface area contributed by atoms with Crippen LogP contribution in [0.5, 0.6) is 5.75 Å². The van der Waals surface area contributed by atoms with E-state index < -0.39 is 0 Å². The van der Waals surface area contributed by atoms with Crippen molar-refractivity contribution in [2.75, 3.05) is 47.9 Å². The number of nitrogens with one attached hydrogen (secondary N) is 2. The SMILES string of the molecule is CN=C(NCCCN(C)C)NCCc1ccc(OC)cc1Cl.I. The number of methoxy groups -OCH3 is 1. The summed E-state index contributed by atoms with van der Waals surface area (Å²) in [5, 5.41) is 7.33. The number of hydrogen-bond acceptors (Lipinski definition) is 3. The maximum atomic E-state index is 6.23. The summed E-state index contributed by atoms with van der Waals surface area (Å²) >= 11 is 6.23. The Morgan fingerprint density at radius 1 is 1.26 bits per heavy atom. The van der Waals surface area contributed by atoms with Gasteiger partial charge < -0.3 is 20.3 Å². The molecule has 1 rings (SSSR count). The smallest absolute Gasteiger partial charge is 0.190 e. The van der Waals surface area contributed by atoms with Crippen LogP contribution in [0.15, 0.2) is 23.2 Å². The van der Waals surface area contributed by atoms with Crippen molar-refractivity contribution < 1.29 is 4.74 Å². The lowest BCUT2D eigenvalue weighted by atomic mass is 10.1. The average molecular weight is 455 g/mol. The number of ether oxygens (including phenoxy) is 1. The predicted molar refractivity (Wildman–Crippen MR) is 110 cm³/mol. The molecule has 0 bridgehead atoms. The van der Waals surface area contributed by atoms with Gasteiger partial charge >= 0.3 is 0 Å². The molecule has 1 aromatic rings. The first-order valence-corrected chi connectivity index (χ1v) is 7.86. The molecule has 0 aliphatic heterocycles. The highest BCUT2D eigenvalue weighted by Gasteiger charge is 2.03. The second kappa shape index (κ2) is 12.7. The number of benzene rings is 1. The summed E-state index contributed by atoms with van der Waals surface area (Å²) in [6, 6.07) is 5.76. The van der Waals surface area contributed by atoms with Crippen LogP contribution in [0.25, 0.3) is 0 Å². The Balaban J connectivity index is 0.00000484. The van der Waals surface area contributed by atoms with Crippen LogP contribution in [0.2, 0.25) is 5.02 Å². The van der Waals surface area contributed by atoms with Crippen LogP contribution in [-0.4, -0.2) is 58.7 Å². The van der Waals surface area contributed by atoms with E-state index in [1.165, 1.54) is 0 Å². The second-order valence-corrected chi connectivity index (χ2v) is 5.70. The number of guanidine groups is 1. The maximum absolute atomic E-state index is 6.23. The molecule has 0 radical (unpaired) electrons. The van der Waals surface area contributed by atoms with Crippen molar-refractivity contribution >= 4 is 41.5 Å². The first-order chi connectivity index (χ1) is 10.6. The van der Waals surface area contributed by atoms with Gasteiger partial charge in [-0.3, -0.25) is 4.99 Å². The molecule has 0 aliphatic rings. The summed E-state index contributed by atoms with van der Waals surface area (Å²) in [6.07, 6.45) is 1.92. The highest BCUT2D eigenvalue weighted by atomic mass is 127. The lowest BCUT2D eigenvalue weighted by Gasteiger charge is -2.14. The first-order valence-electron chi connectivity index (χ1n) is 7.48. The summed E-state index contributed by atoms with van der Waals surface area (Å²) in [5.41, 5.74) is 1.10. The van der Waals surface area contributed by atoms with Crippen molar-refractivity contribution in [2.24, 2.45) is 4.99 Å². The zero-order valence-corrected chi connectivity index (χ0v) is 17.4. The molecule has 0 aromatic heterocycles. The maximum Gasteiger partial charge on any atom is 0.190 e. The van der Waals surface area contributed by atoms with Crippen LogP contribution in [-0.2, 0) is 6.42 Å². The van der Waals surface area contributed by atoms with Gasteiger partial charge in [-0.15, -0.1) is 24.0 Å². The molecule has 0 atom stereocenters. The average Bonchev–Trinajstić information content (AvgIpc) is 2.50. The van der Waals surface area contributed by atoms with Gasteiger partial charge in [-0.1, -0.05) is 17.7 Å². The van der Waals surface area contributed by atoms with Crippen LogP contribution >= 0.6 is 35.6 Å². The fraction of sp³-hybridized carbons (Fsp3) is 0.562. The summed E-state index contributed by atoms with van der Waals surface area (Å²) in [4.78, 5) is 6.38. The van der Waals surface area contributed by atoms with Crippen LogP contribution in [0.1, 0.15) is 12.0 Å². The Kier molecular flexibility index (Phi) is 12.3. The summed E-state index contributed by atoms with van der Waals surface area (Å²) < 4.78 is 5.15. The Hall–Kier alpha value is -0.730. The van der Waals surface area contributed by atoms with Gasteiger partial charge in [0.05, 0.1) is 7.11 Å². The van der Waals surface area contributed by atoms with Crippen LogP contribution < -0.4 is 15.4 Å². The summed E-state index contributed by atoms with van der Waals surface area (Å²) in [6.45, 7) is 2.74. The monoisotopic (exact) mass is 454 g/mol. The van der Waals surface area contributed by atoms with Gasteiger partial charge in [-0.05, 0) is 51.2 Å². The van der Waals surface area contributed by atoms with Crippen molar-refractivity contribution in [1.82, 2.24) is 15.5 Å². The third-order valence-corrected chi connectivity index (χ3v) is 3.60. The number of hydrogen-bond donors (Lipinski definition) is 2. The van der Waals surface area contributed by atoms with Gasteiger partial charge in [0.25, 0.3) is 0 Å². The van der Waals surface area contributed by atoms with Crippen LogP contribution in [0, 0.1) is 0 Å². The Labute approximate surface area is 161 Å². The molecule has 0 saturated carbocycles. The van der Waals surface area contributed by atoms with E-state index in [1.54, 1.807) is 14.2 Å². The molecule has 0 aliphatic carbocycles. The molecule has 2 N–H and O–H groups in total. The summed E-state index contributed by atoms with van der Waals surface area (Å²) in [7, 11) is 7.57. The molecular formula is C16H28ClIN4O. The van der Waals surface area contributed by atoms with E-state index >= 15 is 0 Å². The van der Waals surface area contributed by atoms with Gasteiger partial charge in [0, 0.05) is 25.2 Å². The van der Waals surface area contributed by atoms with Crippen molar-refractivity contribution in [2.45, 2.75) is 12.8 Å². The van der Waals surface area contributed by atoms with E-state index in [2.05, 4.69) is 34.6 Å². The zero-order valence-electron chi connectivity index (χ0n) is 14.4. The standard InChI is InChI=1S/C16H27ClN4O.HI/c1-18-16(19-9-5-11-21(2)3)20-10-8-13-6-7-14(22-4)12-15(13)17;/h6-7,12H,5,8-11H2,1-4H3,(H2,18,19,20);1H. The topological polar surface area (TPSA) is 48.9 Å². The Morgan fingerprint density at radius 3 is 2.52 bits per heavy atom. The molecule has 0 saturated heterocycles. The van der Waals surface area contributed by atoms with E-state index in [4.69, 9.17) is 16.3 Å². The van der Waals surface area contributed by atoms with Crippen molar-refractivity contribution in [3.63, 3.8) is 0 Å². The van der Waals surface area contributed by atoms with Crippen LogP contribution in [0.4, 0.5) is 0 Å². The van der Waals surface area contributed by atoms with Crippen molar-refractivity contribution in [3.8, 4) is 5.75 Å². The van der Waals surface area contributed by atoms with Crippen LogP contribution in [0.3, 0.4) is 0 Å². The lowest BCUT2D eigenvalue weighted by Crippen LogP contribution is -2.39. The molecule has 0 amide bonds. The molecule has 0 heterocycles. The molecule has 5 nitrogen and oxygen atoms in total. The molecular weight excluding hydrogens is 427 g/mol. The third-order valence-electron chi connectivity index (χ3n) is 3.25. The Morgan fingerprint density at radius 2 is 1.96 bits per heavy atom. The largest absolute Gasteiger partial charge is 0.497 e. The number of aliphatic imine (C=N–C) groups is 1. The molecule has 132 valence electrons. The molecule has 0 unspecified atom stereocenters. The quantitative estimate of drug-likeness (QED) is 0.274. The van der Waals surface area contributed by atoms with Crippen molar-refractivity contribution in [1.29, 1.82) is 0 Å². The first kappa shape index (κ1) is 22.3. The molecule has 0 fully saturated rings. The molecule has 7 heteroatoms. The molecule has 1 aromatic carbocycles. The minimum Gasteiger partial charge on any atom is -0.497 e. The highest BCUT2D eigenvalue weighted by Crippen LogP contribution is 2.22. The third kappa shape index (κ3) is 9.22. The van der Waals surface area contributed by atoms with E-state index in [9.17, 15) is 0 Å². The minimum absolute atomic E-state index is 0. The predicted octanol–water partition coefficient (Wildman–Crippen LogP) is 2.63. The van der Waals surface area contributed by atoms with E-state index in [0.29, 0.717) is 0 Å². The van der Waals surface area contributed by atoms with Gasteiger partial charge in [-0.25, -0.2) is 0 Å². The molecule has 0 spiro atoms. The normalized spacial score (nSPS) is 11.1. The highest BCUT2D eigenvalue weighted by molar-refractivity contribution is 14.0. The Bertz CT molecular complexity index is 483. The number of halogens is 2. The summed E-state index contributed by atoms with van der Waals surface area (Å²) in [5.74, 6) is 1.60. The lowest BCUT2D eigenvalue weighted by molar-refractivity contribution is 0.399. The van der Waals surface area contributed by atoms with Gasteiger partial charge in [0.1, 0.15) is 5.75 Å². The van der Waals surface area contributed by atoms with E-state index in [-0.39, 0.29) is 24.0 Å². The van der Waals surface area contributed by atoms with E-state index in [1.807, 2.05) is 18.2 Å². The van der Waals surface area contributed by atoms with Gasteiger partial charge in [-0.2, -0.15) is 0 Å². The fourth-order valence-electron chi connectivity index (χ4n) is 2.00. The molecule has 23 heavy (non-hydrogen) atoms. The van der Waals surface area contributed by atoms with Crippen molar-refractivity contribution in [3.05, 3.63) is 28.8 Å². The number of nitrogens with zero attached hydrogens (tertiary/aromatic N) is 2. The van der Waals surface area contributed by atoms with Gasteiger partial charge in [0.2, 0.25) is 0 Å². The fourth-order valence-corrected chi connectivity index (χ4v) is 2.26. The minimum atomic E-state index is 0.